The highest BCUT2D eigenvalue weighted by Crippen LogP contribution is 2.33. The highest BCUT2D eigenvalue weighted by atomic mass is 32.1. The maximum atomic E-state index is 12.2. The summed E-state index contributed by atoms with van der Waals surface area (Å²) in [6, 6.07) is 13.8. The molecule has 7 heteroatoms. The van der Waals surface area contributed by atoms with Crippen molar-refractivity contribution < 1.29 is 19.0 Å². The van der Waals surface area contributed by atoms with E-state index in [1.54, 1.807) is 14.2 Å². The Labute approximate surface area is 187 Å². The summed E-state index contributed by atoms with van der Waals surface area (Å²) < 4.78 is 16.3. The van der Waals surface area contributed by atoms with Crippen LogP contribution < -0.4 is 19.5 Å². The molecule has 0 fully saturated rings. The number of rotatable bonds is 11. The molecule has 0 aliphatic carbocycles. The number of carbonyl (C=O) groups excluding carboxylic acids is 1. The van der Waals surface area contributed by atoms with Gasteiger partial charge in [0.05, 0.1) is 26.5 Å². The third-order valence-electron chi connectivity index (χ3n) is 4.71. The zero-order chi connectivity index (χ0) is 22.1. The topological polar surface area (TPSA) is 69.7 Å². The van der Waals surface area contributed by atoms with E-state index in [0.29, 0.717) is 36.1 Å². The van der Waals surface area contributed by atoms with E-state index in [2.05, 4.69) is 29.4 Å². The molecule has 1 N–H and O–H groups in total. The summed E-state index contributed by atoms with van der Waals surface area (Å²) in [5.41, 5.74) is 2.98. The maximum absolute atomic E-state index is 12.2. The Hall–Kier alpha value is -3.06. The van der Waals surface area contributed by atoms with Crippen molar-refractivity contribution in [2.24, 2.45) is 0 Å². The molecule has 0 bridgehead atoms. The molecule has 0 radical (unpaired) electrons. The van der Waals surface area contributed by atoms with Gasteiger partial charge in [-0.1, -0.05) is 25.5 Å². The first-order valence-electron chi connectivity index (χ1n) is 10.3. The molecule has 3 rings (SSSR count). The highest BCUT2D eigenvalue weighted by molar-refractivity contribution is 7.14. The second-order valence-electron chi connectivity index (χ2n) is 7.00. The Morgan fingerprint density at radius 3 is 2.55 bits per heavy atom. The van der Waals surface area contributed by atoms with Crippen LogP contribution in [0.25, 0.3) is 11.3 Å². The molecule has 0 saturated carbocycles. The third kappa shape index (κ3) is 6.46. The molecule has 1 aromatic heterocycles. The SMILES string of the molecule is CCCc1ccc(OCCCC(=O)Nc2nc(-c3ccc(OC)c(OC)c3)cs2)cc1. The number of aromatic nitrogens is 1. The largest absolute Gasteiger partial charge is 0.494 e. The average molecular weight is 441 g/mol. The summed E-state index contributed by atoms with van der Waals surface area (Å²) in [6.45, 7) is 2.66. The number of anilines is 1. The molecular weight excluding hydrogens is 412 g/mol. The van der Waals surface area contributed by atoms with Gasteiger partial charge in [0.15, 0.2) is 16.6 Å². The molecule has 1 amide bonds. The standard InChI is InChI=1S/C24H28N2O4S/c1-4-6-17-8-11-19(12-9-17)30-14-5-7-23(27)26-24-25-20(16-31-24)18-10-13-21(28-2)22(15-18)29-3/h8-13,15-16H,4-7,14H2,1-3H3,(H,25,26,27). The van der Waals surface area contributed by atoms with Crippen molar-refractivity contribution in [2.45, 2.75) is 32.6 Å². The molecule has 0 spiro atoms. The first kappa shape index (κ1) is 22.6. The van der Waals surface area contributed by atoms with E-state index < -0.39 is 0 Å². The van der Waals surface area contributed by atoms with Gasteiger partial charge in [-0.3, -0.25) is 4.79 Å². The Morgan fingerprint density at radius 2 is 1.84 bits per heavy atom. The van der Waals surface area contributed by atoms with Crippen LogP contribution >= 0.6 is 11.3 Å². The van der Waals surface area contributed by atoms with E-state index in [1.165, 1.54) is 16.9 Å². The second-order valence-corrected chi connectivity index (χ2v) is 7.86. The van der Waals surface area contributed by atoms with Crippen LogP contribution in [0, 0.1) is 0 Å². The van der Waals surface area contributed by atoms with Crippen LogP contribution in [0.4, 0.5) is 5.13 Å². The lowest BCUT2D eigenvalue weighted by Crippen LogP contribution is -2.12. The zero-order valence-electron chi connectivity index (χ0n) is 18.1. The van der Waals surface area contributed by atoms with Gasteiger partial charge in [0.25, 0.3) is 0 Å². The van der Waals surface area contributed by atoms with Crippen LogP contribution in [0.2, 0.25) is 0 Å². The fraction of sp³-hybridized carbons (Fsp3) is 0.333. The van der Waals surface area contributed by atoms with Gasteiger partial charge in [0, 0.05) is 17.4 Å². The number of hydrogen-bond donors (Lipinski definition) is 1. The van der Waals surface area contributed by atoms with Crippen molar-refractivity contribution in [3.63, 3.8) is 0 Å². The molecule has 0 unspecified atom stereocenters. The molecular formula is C24H28N2O4S. The quantitative estimate of drug-likeness (QED) is 0.394. The van der Waals surface area contributed by atoms with Crippen LogP contribution in [-0.2, 0) is 11.2 Å². The van der Waals surface area contributed by atoms with Crippen molar-refractivity contribution in [2.75, 3.05) is 26.1 Å². The lowest BCUT2D eigenvalue weighted by molar-refractivity contribution is -0.116. The van der Waals surface area contributed by atoms with Crippen molar-refractivity contribution in [3.8, 4) is 28.5 Å². The number of nitrogens with one attached hydrogen (secondary N) is 1. The zero-order valence-corrected chi connectivity index (χ0v) is 19.0. The number of nitrogens with zero attached hydrogens (tertiary/aromatic N) is 1. The summed E-state index contributed by atoms with van der Waals surface area (Å²) in [4.78, 5) is 16.7. The van der Waals surface area contributed by atoms with Crippen molar-refractivity contribution in [1.29, 1.82) is 0 Å². The number of methoxy groups -OCH3 is 2. The van der Waals surface area contributed by atoms with Gasteiger partial charge >= 0.3 is 0 Å². The normalized spacial score (nSPS) is 10.5. The van der Waals surface area contributed by atoms with Crippen molar-refractivity contribution in [3.05, 3.63) is 53.4 Å². The number of benzene rings is 2. The Bertz CT molecular complexity index is 985. The van der Waals surface area contributed by atoms with Gasteiger partial charge in [-0.05, 0) is 48.7 Å². The Kier molecular flexibility index (Phi) is 8.29. The first-order valence-corrected chi connectivity index (χ1v) is 11.2. The fourth-order valence-electron chi connectivity index (χ4n) is 3.10. The van der Waals surface area contributed by atoms with E-state index in [9.17, 15) is 4.79 Å². The molecule has 31 heavy (non-hydrogen) atoms. The highest BCUT2D eigenvalue weighted by Gasteiger charge is 2.11. The van der Waals surface area contributed by atoms with Gasteiger partial charge < -0.3 is 19.5 Å². The predicted molar refractivity (Wildman–Crippen MR) is 124 cm³/mol. The number of hydrogen-bond acceptors (Lipinski definition) is 6. The smallest absolute Gasteiger partial charge is 0.226 e. The number of carbonyl (C=O) groups is 1. The summed E-state index contributed by atoms with van der Waals surface area (Å²) in [5.74, 6) is 2.06. The van der Waals surface area contributed by atoms with Crippen LogP contribution in [0.1, 0.15) is 31.7 Å². The van der Waals surface area contributed by atoms with Gasteiger partial charge in [0.1, 0.15) is 5.75 Å². The molecule has 0 aliphatic heterocycles. The van der Waals surface area contributed by atoms with Gasteiger partial charge in [-0.25, -0.2) is 4.98 Å². The predicted octanol–water partition coefficient (Wildman–Crippen LogP) is 5.58. The van der Waals surface area contributed by atoms with Gasteiger partial charge in [0.2, 0.25) is 5.91 Å². The lowest BCUT2D eigenvalue weighted by atomic mass is 10.1. The molecule has 0 saturated heterocycles. The number of thiazole rings is 1. The van der Waals surface area contributed by atoms with Crippen molar-refractivity contribution >= 4 is 22.4 Å². The van der Waals surface area contributed by atoms with E-state index in [0.717, 1.165) is 29.8 Å². The minimum absolute atomic E-state index is 0.0740. The van der Waals surface area contributed by atoms with E-state index in [1.807, 2.05) is 35.7 Å². The number of amides is 1. The van der Waals surface area contributed by atoms with Crippen LogP contribution in [0.5, 0.6) is 17.2 Å². The lowest BCUT2D eigenvalue weighted by Gasteiger charge is -2.08. The first-order chi connectivity index (χ1) is 15.1. The fourth-order valence-corrected chi connectivity index (χ4v) is 3.84. The molecule has 164 valence electrons. The number of aryl methyl sites for hydroxylation is 1. The monoisotopic (exact) mass is 440 g/mol. The number of ether oxygens (including phenoxy) is 3. The van der Waals surface area contributed by atoms with Crippen LogP contribution in [0.15, 0.2) is 47.8 Å². The average Bonchev–Trinajstić information content (AvgIpc) is 3.26. The Morgan fingerprint density at radius 1 is 1.06 bits per heavy atom. The van der Waals surface area contributed by atoms with E-state index >= 15 is 0 Å². The molecule has 1 heterocycles. The van der Waals surface area contributed by atoms with E-state index in [4.69, 9.17) is 14.2 Å². The van der Waals surface area contributed by atoms with E-state index in [-0.39, 0.29) is 5.91 Å². The molecule has 0 atom stereocenters. The molecule has 6 nitrogen and oxygen atoms in total. The summed E-state index contributed by atoms with van der Waals surface area (Å²) >= 11 is 1.39. The second kappa shape index (κ2) is 11.4. The van der Waals surface area contributed by atoms with Crippen molar-refractivity contribution in [1.82, 2.24) is 4.98 Å². The molecule has 2 aromatic carbocycles. The Balaban J connectivity index is 1.45. The van der Waals surface area contributed by atoms with Crippen LogP contribution in [-0.4, -0.2) is 31.7 Å². The summed E-state index contributed by atoms with van der Waals surface area (Å²) in [7, 11) is 3.20. The van der Waals surface area contributed by atoms with Gasteiger partial charge in [-0.2, -0.15) is 0 Å². The van der Waals surface area contributed by atoms with Crippen LogP contribution in [0.3, 0.4) is 0 Å². The van der Waals surface area contributed by atoms with Gasteiger partial charge in [-0.15, -0.1) is 11.3 Å². The third-order valence-corrected chi connectivity index (χ3v) is 5.47. The molecule has 0 aliphatic rings. The summed E-state index contributed by atoms with van der Waals surface area (Å²) in [5, 5.41) is 5.34. The molecule has 3 aromatic rings. The summed E-state index contributed by atoms with van der Waals surface area (Å²) in [6.07, 6.45) is 3.21. The minimum Gasteiger partial charge on any atom is -0.494 e. The minimum atomic E-state index is -0.0740. The maximum Gasteiger partial charge on any atom is 0.226 e.